The minimum Gasteiger partial charge on any atom is -0.466 e. The van der Waals surface area contributed by atoms with E-state index in [0.717, 1.165) is 83.8 Å². The zero-order valence-corrected chi connectivity index (χ0v) is 42.7. The minimum atomic E-state index is -0.801. The maximum absolute atomic E-state index is 12.8. The average Bonchev–Trinajstić information content (AvgIpc) is 3.84. The summed E-state index contributed by atoms with van der Waals surface area (Å²) in [4.78, 5) is 64.9. The van der Waals surface area contributed by atoms with Gasteiger partial charge in [0.1, 0.15) is 25.9 Å². The zero-order chi connectivity index (χ0) is 48.0. The van der Waals surface area contributed by atoms with Gasteiger partial charge in [-0.05, 0) is 90.1 Å². The second kappa shape index (κ2) is 45.9. The van der Waals surface area contributed by atoms with E-state index in [2.05, 4.69) is 25.7 Å². The third-order valence-electron chi connectivity index (χ3n) is 12.5. The molecule has 0 aromatic rings. The first-order valence-electron chi connectivity index (χ1n) is 27.4. The van der Waals surface area contributed by atoms with Gasteiger partial charge in [0.15, 0.2) is 0 Å². The first kappa shape index (κ1) is 61.1. The van der Waals surface area contributed by atoms with Crippen molar-refractivity contribution < 1.29 is 52.4 Å². The molecule has 0 radical (unpaired) electrons. The molecule has 1 aliphatic heterocycles. The van der Waals surface area contributed by atoms with Crippen LogP contribution in [0.3, 0.4) is 0 Å². The fourth-order valence-corrected chi connectivity index (χ4v) is 8.30. The number of hydrogen-bond donors (Lipinski definition) is 0. The van der Waals surface area contributed by atoms with E-state index in [1.54, 1.807) is 0 Å². The summed E-state index contributed by atoms with van der Waals surface area (Å²) in [6.07, 6.45) is 34.5. The second-order valence-electron chi connectivity index (χ2n) is 18.9. The molecule has 1 atom stereocenters. The van der Waals surface area contributed by atoms with Crippen LogP contribution < -0.4 is 0 Å². The van der Waals surface area contributed by atoms with Gasteiger partial charge in [0, 0.05) is 32.2 Å². The molecule has 1 aliphatic rings. The van der Waals surface area contributed by atoms with Crippen molar-refractivity contribution in [2.24, 2.45) is 5.92 Å². The number of carbonyl (C=O) groups is 5. The summed E-state index contributed by atoms with van der Waals surface area (Å²) in [7, 11) is 0. The smallest absolute Gasteiger partial charge is 0.466 e. The number of ether oxygens (including phenoxy) is 6. The summed E-state index contributed by atoms with van der Waals surface area (Å²) in [6.45, 7) is 10.2. The lowest BCUT2D eigenvalue weighted by atomic mass is 10.0. The molecule has 1 fully saturated rings. The molecule has 1 unspecified atom stereocenters. The van der Waals surface area contributed by atoms with Crippen LogP contribution in [-0.2, 0) is 47.6 Å². The molecule has 0 saturated carbocycles. The van der Waals surface area contributed by atoms with Crippen LogP contribution in [0.4, 0.5) is 4.79 Å². The van der Waals surface area contributed by atoms with Crippen molar-refractivity contribution in [3.8, 4) is 0 Å². The SMILES string of the molecule is CCCCCCCCCCOC(=O)CCCCCC(=O)OCC(COC(=O)CCCCCCC(=O)OC(CCCCCCCC)CCCCCCCC)COC(=O)OCCCN1CCCC1. The Labute approximate surface area is 402 Å². The number of rotatable bonds is 47. The molecular formula is C54H99NO11. The predicted octanol–water partition coefficient (Wildman–Crippen LogP) is 13.7. The van der Waals surface area contributed by atoms with E-state index in [-0.39, 0.29) is 63.3 Å². The van der Waals surface area contributed by atoms with Crippen LogP contribution in [0.2, 0.25) is 0 Å². The van der Waals surface area contributed by atoms with Gasteiger partial charge in [-0.3, -0.25) is 19.2 Å². The van der Waals surface area contributed by atoms with E-state index in [4.69, 9.17) is 28.4 Å². The summed E-state index contributed by atoms with van der Waals surface area (Å²) in [6, 6.07) is 0. The zero-order valence-electron chi connectivity index (χ0n) is 42.7. The van der Waals surface area contributed by atoms with Gasteiger partial charge in [-0.1, -0.05) is 149 Å². The fourth-order valence-electron chi connectivity index (χ4n) is 8.30. The normalized spacial score (nSPS) is 13.2. The minimum absolute atomic E-state index is 0.0143. The van der Waals surface area contributed by atoms with Crippen LogP contribution in [-0.4, -0.2) is 93.7 Å². The Hall–Kier alpha value is -2.89. The number of unbranched alkanes of at least 4 members (excludes halogenated alkanes) is 22. The van der Waals surface area contributed by atoms with Crippen molar-refractivity contribution in [2.75, 3.05) is 52.7 Å². The molecule has 1 rings (SSSR count). The van der Waals surface area contributed by atoms with Gasteiger partial charge in [0.25, 0.3) is 0 Å². The third-order valence-corrected chi connectivity index (χ3v) is 12.5. The van der Waals surface area contributed by atoms with Crippen LogP contribution in [0.1, 0.15) is 252 Å². The van der Waals surface area contributed by atoms with Crippen LogP contribution in [0.15, 0.2) is 0 Å². The first-order valence-corrected chi connectivity index (χ1v) is 27.4. The number of carbonyl (C=O) groups excluding carboxylic acids is 5. The van der Waals surface area contributed by atoms with Crippen molar-refractivity contribution in [1.82, 2.24) is 4.90 Å². The van der Waals surface area contributed by atoms with E-state index in [0.29, 0.717) is 45.1 Å². The molecule has 0 spiro atoms. The molecule has 0 aliphatic carbocycles. The Kier molecular flexibility index (Phi) is 42.5. The third kappa shape index (κ3) is 40.2. The van der Waals surface area contributed by atoms with Gasteiger partial charge in [0.05, 0.1) is 19.1 Å². The summed E-state index contributed by atoms with van der Waals surface area (Å²) in [5.74, 6) is -1.64. The van der Waals surface area contributed by atoms with Gasteiger partial charge >= 0.3 is 30.0 Å². The van der Waals surface area contributed by atoms with Crippen molar-refractivity contribution >= 4 is 30.0 Å². The Balaban J connectivity index is 2.39. The molecule has 0 amide bonds. The Morgan fingerprint density at radius 3 is 1.27 bits per heavy atom. The summed E-state index contributed by atoms with van der Waals surface area (Å²) < 4.78 is 33.0. The van der Waals surface area contributed by atoms with E-state index in [1.165, 1.54) is 116 Å². The fraction of sp³-hybridized carbons (Fsp3) is 0.907. The Morgan fingerprint density at radius 1 is 0.394 bits per heavy atom. The molecular weight excluding hydrogens is 839 g/mol. The number of likely N-dealkylation sites (tertiary alicyclic amines) is 1. The van der Waals surface area contributed by atoms with Crippen LogP contribution in [0, 0.1) is 5.92 Å². The highest BCUT2D eigenvalue weighted by Gasteiger charge is 2.19. The van der Waals surface area contributed by atoms with Crippen LogP contribution in [0.5, 0.6) is 0 Å². The number of hydrogen-bond acceptors (Lipinski definition) is 12. The maximum Gasteiger partial charge on any atom is 0.508 e. The highest BCUT2D eigenvalue weighted by atomic mass is 16.7. The van der Waals surface area contributed by atoms with Crippen molar-refractivity contribution in [2.45, 2.75) is 258 Å². The first-order chi connectivity index (χ1) is 32.3. The maximum atomic E-state index is 12.8. The molecule has 386 valence electrons. The predicted molar refractivity (Wildman–Crippen MR) is 263 cm³/mol. The average molecular weight is 938 g/mol. The van der Waals surface area contributed by atoms with Gasteiger partial charge in [0.2, 0.25) is 0 Å². The summed E-state index contributed by atoms with van der Waals surface area (Å²) >= 11 is 0. The molecule has 12 heteroatoms. The lowest BCUT2D eigenvalue weighted by Gasteiger charge is -2.18. The molecule has 0 N–H and O–H groups in total. The van der Waals surface area contributed by atoms with Crippen molar-refractivity contribution in [3.05, 3.63) is 0 Å². The summed E-state index contributed by atoms with van der Waals surface area (Å²) in [5.41, 5.74) is 0. The van der Waals surface area contributed by atoms with Gasteiger partial charge in [-0.2, -0.15) is 0 Å². The Morgan fingerprint density at radius 2 is 0.773 bits per heavy atom. The van der Waals surface area contributed by atoms with E-state index in [1.807, 2.05) is 0 Å². The lowest BCUT2D eigenvalue weighted by Crippen LogP contribution is -2.27. The van der Waals surface area contributed by atoms with E-state index < -0.39 is 18.0 Å². The highest BCUT2D eigenvalue weighted by molar-refractivity contribution is 5.70. The molecule has 12 nitrogen and oxygen atoms in total. The van der Waals surface area contributed by atoms with Crippen molar-refractivity contribution in [1.29, 1.82) is 0 Å². The molecule has 0 aromatic heterocycles. The Bertz CT molecular complexity index is 1160. The second-order valence-corrected chi connectivity index (χ2v) is 18.9. The summed E-state index contributed by atoms with van der Waals surface area (Å²) in [5, 5.41) is 0. The number of nitrogens with zero attached hydrogens (tertiary/aromatic N) is 1. The molecule has 0 aromatic carbocycles. The monoisotopic (exact) mass is 938 g/mol. The van der Waals surface area contributed by atoms with Crippen LogP contribution >= 0.6 is 0 Å². The quantitative estimate of drug-likeness (QED) is 0.0325. The molecule has 1 heterocycles. The van der Waals surface area contributed by atoms with Crippen LogP contribution in [0.25, 0.3) is 0 Å². The van der Waals surface area contributed by atoms with Gasteiger partial charge < -0.3 is 33.3 Å². The van der Waals surface area contributed by atoms with E-state index in [9.17, 15) is 24.0 Å². The standard InChI is InChI=1S/C54H99NO11/c1-4-7-10-13-16-17-22-32-43-61-50(56)36-28-23-29-38-52(58)64-46-48(47-65-54(60)62-44-33-42-55-40-30-31-41-55)45-63-51(57)37-26-20-21-27-39-53(59)66-49(34-24-18-14-11-8-5-2)35-25-19-15-12-9-6-3/h48-49H,4-47H2,1-3H3. The van der Waals surface area contributed by atoms with E-state index >= 15 is 0 Å². The molecule has 66 heavy (non-hydrogen) atoms. The topological polar surface area (TPSA) is 144 Å². The molecule has 0 bridgehead atoms. The highest BCUT2D eigenvalue weighted by Crippen LogP contribution is 2.19. The molecule has 1 saturated heterocycles. The largest absolute Gasteiger partial charge is 0.508 e. The van der Waals surface area contributed by atoms with Gasteiger partial charge in [-0.25, -0.2) is 4.79 Å². The number of esters is 4. The van der Waals surface area contributed by atoms with Crippen molar-refractivity contribution in [3.63, 3.8) is 0 Å². The van der Waals surface area contributed by atoms with Gasteiger partial charge in [-0.15, -0.1) is 0 Å². The lowest BCUT2D eigenvalue weighted by molar-refractivity contribution is -0.151.